The molecular weight excluding hydrogens is 266 g/mol. The highest BCUT2D eigenvalue weighted by molar-refractivity contribution is 7.15. The third kappa shape index (κ3) is 2.30. The standard InChI is InChI=1S/C12H15N3O3S/c16-10(17)8-4-2-6-15(8)12(18)14-11-13-7-3-1-5-9(7)19-11/h8H,1-6H2,(H,16,17)(H,13,14,18). The summed E-state index contributed by atoms with van der Waals surface area (Å²) in [7, 11) is 0. The fourth-order valence-corrected chi connectivity index (χ4v) is 3.71. The number of aryl methyl sites for hydroxylation is 2. The van der Waals surface area contributed by atoms with Gasteiger partial charge in [-0.2, -0.15) is 0 Å². The van der Waals surface area contributed by atoms with E-state index in [2.05, 4.69) is 10.3 Å². The fraction of sp³-hybridized carbons (Fsp3) is 0.583. The first-order chi connectivity index (χ1) is 9.15. The van der Waals surface area contributed by atoms with Gasteiger partial charge in [-0.15, -0.1) is 11.3 Å². The molecule has 1 fully saturated rings. The Labute approximate surface area is 114 Å². The van der Waals surface area contributed by atoms with Crippen LogP contribution in [-0.4, -0.2) is 39.6 Å². The van der Waals surface area contributed by atoms with E-state index < -0.39 is 12.0 Å². The summed E-state index contributed by atoms with van der Waals surface area (Å²) in [6, 6.07) is -1.05. The van der Waals surface area contributed by atoms with Gasteiger partial charge in [-0.3, -0.25) is 5.32 Å². The summed E-state index contributed by atoms with van der Waals surface area (Å²) < 4.78 is 0. The number of nitrogens with one attached hydrogen (secondary N) is 1. The lowest BCUT2D eigenvalue weighted by molar-refractivity contribution is -0.141. The van der Waals surface area contributed by atoms with Gasteiger partial charge in [0.25, 0.3) is 0 Å². The van der Waals surface area contributed by atoms with Crippen molar-refractivity contribution in [1.82, 2.24) is 9.88 Å². The van der Waals surface area contributed by atoms with Crippen molar-refractivity contribution < 1.29 is 14.7 Å². The van der Waals surface area contributed by atoms with E-state index in [1.54, 1.807) is 0 Å². The molecule has 0 radical (unpaired) electrons. The van der Waals surface area contributed by atoms with Crippen LogP contribution < -0.4 is 5.32 Å². The molecule has 3 rings (SSSR count). The summed E-state index contributed by atoms with van der Waals surface area (Å²) in [6.07, 6.45) is 4.40. The molecule has 0 spiro atoms. The van der Waals surface area contributed by atoms with Gasteiger partial charge in [0.05, 0.1) is 5.69 Å². The molecule has 1 aromatic heterocycles. The van der Waals surface area contributed by atoms with E-state index in [1.165, 1.54) is 21.1 Å². The fourth-order valence-electron chi connectivity index (χ4n) is 2.67. The first-order valence-corrected chi connectivity index (χ1v) is 7.26. The third-order valence-corrected chi connectivity index (χ3v) is 4.68. The number of hydrogen-bond acceptors (Lipinski definition) is 4. The number of carboxylic acids is 1. The van der Waals surface area contributed by atoms with Gasteiger partial charge >= 0.3 is 12.0 Å². The molecule has 2 amide bonds. The first-order valence-electron chi connectivity index (χ1n) is 6.44. The average Bonchev–Trinajstić information content (AvgIpc) is 3.01. The topological polar surface area (TPSA) is 82.5 Å². The van der Waals surface area contributed by atoms with E-state index in [9.17, 15) is 9.59 Å². The highest BCUT2D eigenvalue weighted by Crippen LogP contribution is 2.30. The van der Waals surface area contributed by atoms with Crippen LogP contribution in [0.4, 0.5) is 9.93 Å². The Hall–Kier alpha value is -1.63. The lowest BCUT2D eigenvalue weighted by atomic mass is 10.2. The maximum absolute atomic E-state index is 12.1. The lowest BCUT2D eigenvalue weighted by Crippen LogP contribution is -2.42. The number of urea groups is 1. The van der Waals surface area contributed by atoms with Gasteiger partial charge < -0.3 is 10.0 Å². The number of amides is 2. The number of carboxylic acid groups (broad SMARTS) is 1. The summed E-state index contributed by atoms with van der Waals surface area (Å²) >= 11 is 1.50. The zero-order valence-corrected chi connectivity index (χ0v) is 11.2. The van der Waals surface area contributed by atoms with E-state index in [0.717, 1.165) is 31.4 Å². The summed E-state index contributed by atoms with van der Waals surface area (Å²) in [5.74, 6) is -0.936. The van der Waals surface area contributed by atoms with E-state index in [0.29, 0.717) is 18.1 Å². The van der Waals surface area contributed by atoms with Crippen molar-refractivity contribution in [2.45, 2.75) is 38.1 Å². The highest BCUT2D eigenvalue weighted by atomic mass is 32.1. The van der Waals surface area contributed by atoms with E-state index in [1.807, 2.05) is 0 Å². The zero-order valence-electron chi connectivity index (χ0n) is 10.4. The molecule has 0 aromatic carbocycles. The second-order valence-electron chi connectivity index (χ2n) is 4.86. The van der Waals surface area contributed by atoms with Gasteiger partial charge in [-0.1, -0.05) is 0 Å². The number of rotatable bonds is 2. The van der Waals surface area contributed by atoms with Crippen LogP contribution >= 0.6 is 11.3 Å². The molecule has 1 aliphatic carbocycles. The summed E-state index contributed by atoms with van der Waals surface area (Å²) in [6.45, 7) is 0.494. The molecule has 7 heteroatoms. The predicted molar refractivity (Wildman–Crippen MR) is 70.5 cm³/mol. The Morgan fingerprint density at radius 1 is 1.37 bits per heavy atom. The smallest absolute Gasteiger partial charge is 0.326 e. The molecule has 2 aliphatic rings. The SMILES string of the molecule is O=C(O)C1CCCN1C(=O)Nc1nc2c(s1)CCC2. The first kappa shape index (κ1) is 12.4. The van der Waals surface area contributed by atoms with Crippen molar-refractivity contribution in [2.24, 2.45) is 0 Å². The van der Waals surface area contributed by atoms with Crippen LogP contribution in [0.2, 0.25) is 0 Å². The summed E-state index contributed by atoms with van der Waals surface area (Å²) in [4.78, 5) is 30.1. The molecule has 19 heavy (non-hydrogen) atoms. The van der Waals surface area contributed by atoms with Gasteiger partial charge in [0.1, 0.15) is 6.04 Å². The highest BCUT2D eigenvalue weighted by Gasteiger charge is 2.34. The van der Waals surface area contributed by atoms with Crippen LogP contribution in [0.1, 0.15) is 29.8 Å². The second-order valence-corrected chi connectivity index (χ2v) is 5.95. The molecule has 2 N–H and O–H groups in total. The average molecular weight is 281 g/mol. The van der Waals surface area contributed by atoms with Crippen molar-refractivity contribution in [3.8, 4) is 0 Å². The van der Waals surface area contributed by atoms with Crippen LogP contribution in [0.15, 0.2) is 0 Å². The number of likely N-dealkylation sites (tertiary alicyclic amines) is 1. The molecular formula is C12H15N3O3S. The predicted octanol–water partition coefficient (Wildman–Crippen LogP) is 1.71. The molecule has 1 atom stereocenters. The molecule has 2 heterocycles. The number of fused-ring (bicyclic) bond motifs is 1. The number of thiazole rings is 1. The molecule has 0 bridgehead atoms. The number of anilines is 1. The van der Waals surface area contributed by atoms with Gasteiger partial charge in [0.2, 0.25) is 0 Å². The molecule has 0 saturated carbocycles. The Balaban J connectivity index is 1.68. The maximum atomic E-state index is 12.1. The second kappa shape index (κ2) is 4.80. The number of nitrogens with zero attached hydrogens (tertiary/aromatic N) is 2. The largest absolute Gasteiger partial charge is 0.480 e. The maximum Gasteiger partial charge on any atom is 0.326 e. The van der Waals surface area contributed by atoms with Crippen molar-refractivity contribution in [2.75, 3.05) is 11.9 Å². The minimum Gasteiger partial charge on any atom is -0.480 e. The Bertz CT molecular complexity index is 507. The van der Waals surface area contributed by atoms with Gasteiger partial charge in [0, 0.05) is 11.4 Å². The van der Waals surface area contributed by atoms with Crippen molar-refractivity contribution >= 4 is 28.5 Å². The zero-order chi connectivity index (χ0) is 13.4. The monoisotopic (exact) mass is 281 g/mol. The normalized spacial score (nSPS) is 21.5. The number of carbonyl (C=O) groups excluding carboxylic acids is 1. The number of aliphatic carboxylic acids is 1. The lowest BCUT2D eigenvalue weighted by Gasteiger charge is -2.20. The van der Waals surface area contributed by atoms with Crippen molar-refractivity contribution in [3.05, 3.63) is 10.6 Å². The van der Waals surface area contributed by atoms with Crippen LogP contribution in [0.5, 0.6) is 0 Å². The summed E-state index contributed by atoms with van der Waals surface area (Å²) in [5, 5.41) is 12.4. The van der Waals surface area contributed by atoms with Crippen LogP contribution in [0, 0.1) is 0 Å². The van der Waals surface area contributed by atoms with Crippen LogP contribution in [-0.2, 0) is 17.6 Å². The summed E-state index contributed by atoms with van der Waals surface area (Å²) in [5.41, 5.74) is 1.08. The Morgan fingerprint density at radius 2 is 2.21 bits per heavy atom. The molecule has 1 aliphatic heterocycles. The van der Waals surface area contributed by atoms with E-state index >= 15 is 0 Å². The van der Waals surface area contributed by atoms with Gasteiger partial charge in [-0.05, 0) is 32.1 Å². The van der Waals surface area contributed by atoms with E-state index in [4.69, 9.17) is 5.11 Å². The molecule has 1 unspecified atom stereocenters. The quantitative estimate of drug-likeness (QED) is 0.864. The minimum atomic E-state index is -0.936. The molecule has 102 valence electrons. The van der Waals surface area contributed by atoms with Crippen LogP contribution in [0.3, 0.4) is 0 Å². The Morgan fingerprint density at radius 3 is 2.95 bits per heavy atom. The van der Waals surface area contributed by atoms with Gasteiger partial charge in [0.15, 0.2) is 5.13 Å². The molecule has 1 saturated heterocycles. The number of aromatic nitrogens is 1. The van der Waals surface area contributed by atoms with Crippen molar-refractivity contribution in [1.29, 1.82) is 0 Å². The van der Waals surface area contributed by atoms with Crippen molar-refractivity contribution in [3.63, 3.8) is 0 Å². The molecule has 6 nitrogen and oxygen atoms in total. The minimum absolute atomic E-state index is 0.350. The number of carbonyl (C=O) groups is 2. The van der Waals surface area contributed by atoms with Gasteiger partial charge in [-0.25, -0.2) is 14.6 Å². The molecule has 1 aromatic rings. The Kier molecular flexibility index (Phi) is 3.14. The van der Waals surface area contributed by atoms with Crippen LogP contribution in [0.25, 0.3) is 0 Å². The van der Waals surface area contributed by atoms with E-state index in [-0.39, 0.29) is 6.03 Å². The number of hydrogen-bond donors (Lipinski definition) is 2. The third-order valence-electron chi connectivity index (χ3n) is 3.61.